The average Bonchev–Trinajstić information content (AvgIpc) is 2.89. The normalized spacial score (nSPS) is 19.9. The van der Waals surface area contributed by atoms with E-state index in [-0.39, 0.29) is 24.1 Å². The first-order valence-corrected chi connectivity index (χ1v) is 14.7. The van der Waals surface area contributed by atoms with Crippen molar-refractivity contribution < 1.29 is 13.2 Å². The molecular weight excluding hydrogens is 458 g/mol. The fraction of sp³-hybridized carbons (Fsp3) is 0.536. The molecule has 2 aliphatic rings. The van der Waals surface area contributed by atoms with Gasteiger partial charge in [0, 0.05) is 26.2 Å². The number of carbonyl (C=O) groups is 1. The predicted octanol–water partition coefficient (Wildman–Crippen LogP) is 3.96. The van der Waals surface area contributed by atoms with Gasteiger partial charge in [0.2, 0.25) is 15.9 Å². The first-order valence-electron chi connectivity index (χ1n) is 13.1. The maximum atomic E-state index is 12.9. The van der Waals surface area contributed by atoms with Crippen LogP contribution in [0.1, 0.15) is 55.2 Å². The number of nitrogens with zero attached hydrogens (tertiary/aromatic N) is 2. The molecule has 2 aromatic rings. The van der Waals surface area contributed by atoms with Crippen molar-refractivity contribution in [3.05, 3.63) is 71.3 Å². The molecule has 190 valence electrons. The van der Waals surface area contributed by atoms with E-state index < -0.39 is 10.0 Å². The third kappa shape index (κ3) is 7.89. The molecule has 7 heteroatoms. The van der Waals surface area contributed by atoms with E-state index >= 15 is 0 Å². The van der Waals surface area contributed by atoms with Gasteiger partial charge in [-0.15, -0.1) is 0 Å². The molecule has 0 aromatic heterocycles. The maximum absolute atomic E-state index is 12.9. The van der Waals surface area contributed by atoms with Gasteiger partial charge in [-0.2, -0.15) is 0 Å². The summed E-state index contributed by atoms with van der Waals surface area (Å²) in [6.07, 6.45) is 6.67. The fourth-order valence-corrected chi connectivity index (χ4v) is 6.77. The lowest BCUT2D eigenvalue weighted by molar-refractivity contribution is -0.126. The van der Waals surface area contributed by atoms with Crippen LogP contribution in [0.25, 0.3) is 0 Å². The van der Waals surface area contributed by atoms with E-state index in [1.54, 1.807) is 0 Å². The molecule has 35 heavy (non-hydrogen) atoms. The number of piperidine rings is 2. The highest BCUT2D eigenvalue weighted by Gasteiger charge is 2.32. The molecule has 0 radical (unpaired) electrons. The van der Waals surface area contributed by atoms with Gasteiger partial charge in [-0.1, -0.05) is 61.0 Å². The van der Waals surface area contributed by atoms with Crippen LogP contribution in [0.4, 0.5) is 0 Å². The number of carbonyl (C=O) groups excluding carboxylic acids is 1. The number of likely N-dealkylation sites (tertiary alicyclic amines) is 1. The molecule has 1 N–H and O–H groups in total. The first-order chi connectivity index (χ1) is 17.0. The Balaban J connectivity index is 1.24. The topological polar surface area (TPSA) is 69.7 Å². The highest BCUT2D eigenvalue weighted by Crippen LogP contribution is 2.21. The van der Waals surface area contributed by atoms with E-state index in [0.29, 0.717) is 19.5 Å². The molecule has 1 amide bonds. The zero-order valence-electron chi connectivity index (χ0n) is 20.7. The summed E-state index contributed by atoms with van der Waals surface area (Å²) in [4.78, 5) is 15.4. The third-order valence-electron chi connectivity index (χ3n) is 7.17. The molecule has 0 saturated carbocycles. The third-order valence-corrected chi connectivity index (χ3v) is 9.09. The lowest BCUT2D eigenvalue weighted by Crippen LogP contribution is -2.46. The molecule has 2 saturated heterocycles. The van der Waals surface area contributed by atoms with Crippen molar-refractivity contribution in [3.63, 3.8) is 0 Å². The van der Waals surface area contributed by atoms with E-state index in [0.717, 1.165) is 50.0 Å². The van der Waals surface area contributed by atoms with E-state index in [4.69, 9.17) is 0 Å². The Morgan fingerprint density at radius 3 is 2.43 bits per heavy atom. The van der Waals surface area contributed by atoms with Gasteiger partial charge in [0.05, 0.1) is 11.7 Å². The van der Waals surface area contributed by atoms with Gasteiger partial charge in [-0.05, 0) is 68.3 Å². The van der Waals surface area contributed by atoms with Gasteiger partial charge in [0.15, 0.2) is 0 Å². The van der Waals surface area contributed by atoms with Crippen molar-refractivity contribution in [2.45, 2.75) is 58.0 Å². The predicted molar refractivity (Wildman–Crippen MR) is 140 cm³/mol. The number of aryl methyl sites for hydroxylation is 1. The average molecular weight is 498 g/mol. The maximum Gasteiger partial charge on any atom is 0.224 e. The van der Waals surface area contributed by atoms with Gasteiger partial charge in [-0.3, -0.25) is 9.69 Å². The summed E-state index contributed by atoms with van der Waals surface area (Å²) >= 11 is 0. The summed E-state index contributed by atoms with van der Waals surface area (Å²) in [6.45, 7) is 4.56. The smallest absolute Gasteiger partial charge is 0.224 e. The molecule has 2 aliphatic heterocycles. The lowest BCUT2D eigenvalue weighted by Gasteiger charge is -2.31. The van der Waals surface area contributed by atoms with Gasteiger partial charge in [0.25, 0.3) is 0 Å². The van der Waals surface area contributed by atoms with Crippen molar-refractivity contribution in [2.24, 2.45) is 5.92 Å². The van der Waals surface area contributed by atoms with Gasteiger partial charge < -0.3 is 5.32 Å². The molecule has 6 nitrogen and oxygen atoms in total. The van der Waals surface area contributed by atoms with Crippen LogP contribution in [0, 0.1) is 5.92 Å². The number of amides is 1. The molecule has 0 bridgehead atoms. The standard InChI is InChI=1S/C28H39N3O3S/c32-28(29-21-25-12-7-13-26(20-25)22-30-16-5-2-6-17-30)27-15-8-18-31(23-27)35(33,34)19-9-14-24-10-3-1-4-11-24/h1,3-4,7,10-13,20,27H,2,5-6,8-9,14-19,21-23H2,(H,29,32). The Kier molecular flexibility index (Phi) is 9.35. The summed E-state index contributed by atoms with van der Waals surface area (Å²) in [5.74, 6) is -0.208. The van der Waals surface area contributed by atoms with Crippen molar-refractivity contribution in [3.8, 4) is 0 Å². The number of sulfonamides is 1. The Morgan fingerprint density at radius 1 is 0.886 bits per heavy atom. The van der Waals surface area contributed by atoms with Gasteiger partial charge in [-0.25, -0.2) is 12.7 Å². The van der Waals surface area contributed by atoms with Crippen molar-refractivity contribution in [1.82, 2.24) is 14.5 Å². The van der Waals surface area contributed by atoms with Crippen LogP contribution in [0.2, 0.25) is 0 Å². The van der Waals surface area contributed by atoms with E-state index in [1.807, 2.05) is 36.4 Å². The fourth-order valence-electron chi connectivity index (χ4n) is 5.19. The van der Waals surface area contributed by atoms with Crippen molar-refractivity contribution in [2.75, 3.05) is 31.9 Å². The summed E-state index contributed by atoms with van der Waals surface area (Å²) in [5.41, 5.74) is 3.52. The van der Waals surface area contributed by atoms with Crippen LogP contribution >= 0.6 is 0 Å². The highest BCUT2D eigenvalue weighted by atomic mass is 32.2. The Bertz CT molecular complexity index is 1050. The van der Waals surface area contributed by atoms with E-state index in [9.17, 15) is 13.2 Å². The van der Waals surface area contributed by atoms with Crippen molar-refractivity contribution in [1.29, 1.82) is 0 Å². The minimum atomic E-state index is -3.36. The SMILES string of the molecule is O=C(NCc1cccc(CN2CCCCC2)c1)C1CCCN(S(=O)(=O)CCCc2ccccc2)C1. The molecule has 1 atom stereocenters. The second kappa shape index (κ2) is 12.7. The molecule has 2 heterocycles. The largest absolute Gasteiger partial charge is 0.352 e. The zero-order chi connectivity index (χ0) is 24.5. The summed E-state index contributed by atoms with van der Waals surface area (Å²) < 4.78 is 27.4. The number of hydrogen-bond acceptors (Lipinski definition) is 4. The molecule has 2 fully saturated rings. The van der Waals surface area contributed by atoms with Crippen LogP contribution in [-0.4, -0.2) is 55.5 Å². The van der Waals surface area contributed by atoms with Crippen LogP contribution in [0.3, 0.4) is 0 Å². The molecule has 4 rings (SSSR count). The summed E-state index contributed by atoms with van der Waals surface area (Å²) in [6, 6.07) is 18.4. The first kappa shape index (κ1) is 25.9. The highest BCUT2D eigenvalue weighted by molar-refractivity contribution is 7.89. The lowest BCUT2D eigenvalue weighted by atomic mass is 9.98. The van der Waals surface area contributed by atoms with Crippen LogP contribution in [0.15, 0.2) is 54.6 Å². The summed E-state index contributed by atoms with van der Waals surface area (Å²) in [7, 11) is -3.36. The number of benzene rings is 2. The van der Waals surface area contributed by atoms with Gasteiger partial charge in [0.1, 0.15) is 0 Å². The van der Waals surface area contributed by atoms with Crippen LogP contribution in [0.5, 0.6) is 0 Å². The molecule has 1 unspecified atom stereocenters. The molecular formula is C28H39N3O3S. The monoisotopic (exact) mass is 497 g/mol. The zero-order valence-corrected chi connectivity index (χ0v) is 21.5. The minimum absolute atomic E-state index is 0.0457. The Hall–Kier alpha value is -2.22. The second-order valence-electron chi connectivity index (χ2n) is 9.98. The quantitative estimate of drug-likeness (QED) is 0.539. The van der Waals surface area contributed by atoms with Crippen LogP contribution in [-0.2, 0) is 34.3 Å². The Morgan fingerprint density at radius 2 is 1.63 bits per heavy atom. The van der Waals surface area contributed by atoms with Gasteiger partial charge >= 0.3 is 0 Å². The number of rotatable bonds is 10. The molecule has 2 aromatic carbocycles. The second-order valence-corrected chi connectivity index (χ2v) is 12.1. The molecule has 0 spiro atoms. The Labute approximate surface area is 210 Å². The van der Waals surface area contributed by atoms with Crippen LogP contribution < -0.4 is 5.32 Å². The minimum Gasteiger partial charge on any atom is -0.352 e. The summed E-state index contributed by atoms with van der Waals surface area (Å²) in [5, 5.41) is 3.06. The number of hydrogen-bond donors (Lipinski definition) is 1. The van der Waals surface area contributed by atoms with E-state index in [2.05, 4.69) is 28.4 Å². The number of nitrogens with one attached hydrogen (secondary N) is 1. The van der Waals surface area contributed by atoms with Crippen molar-refractivity contribution >= 4 is 15.9 Å². The molecule has 0 aliphatic carbocycles. The van der Waals surface area contributed by atoms with E-state index in [1.165, 1.54) is 29.1 Å².